The molecule has 2 aliphatic rings. The first-order valence-electron chi connectivity index (χ1n) is 21.2. The van der Waals surface area contributed by atoms with E-state index in [-0.39, 0.29) is 0 Å². The second-order valence-electron chi connectivity index (χ2n) is 16.5. The zero-order chi connectivity index (χ0) is 40.1. The smallest absolute Gasteiger partial charge is 0.0726 e. The van der Waals surface area contributed by atoms with Gasteiger partial charge in [-0.2, -0.15) is 0 Å². The largest absolute Gasteiger partial charge is 0.355 e. The molecule has 13 rings (SSSR count). The van der Waals surface area contributed by atoms with Crippen LogP contribution in [0.4, 0.5) is 17.1 Å². The maximum Gasteiger partial charge on any atom is 0.0726 e. The average Bonchev–Trinajstić information content (AvgIpc) is 3.96. The fourth-order valence-electron chi connectivity index (χ4n) is 10.8. The Labute approximate surface area is 354 Å². The van der Waals surface area contributed by atoms with Gasteiger partial charge in [-0.1, -0.05) is 170 Å². The molecule has 11 aromatic rings. The number of fused-ring (bicyclic) bond motifs is 14. The summed E-state index contributed by atoms with van der Waals surface area (Å²) in [5.74, 6) is 0. The summed E-state index contributed by atoms with van der Waals surface area (Å²) in [5, 5.41) is 5.00. The van der Waals surface area contributed by atoms with Crippen molar-refractivity contribution in [2.75, 3.05) is 4.90 Å². The van der Waals surface area contributed by atoms with Crippen molar-refractivity contribution in [3.63, 3.8) is 0 Å². The van der Waals surface area contributed by atoms with E-state index in [0.29, 0.717) is 0 Å². The van der Waals surface area contributed by atoms with Crippen molar-refractivity contribution in [2.24, 2.45) is 0 Å². The van der Waals surface area contributed by atoms with Crippen LogP contribution in [-0.4, -0.2) is 4.98 Å². The number of benzene rings is 10. The lowest BCUT2D eigenvalue weighted by Crippen LogP contribution is -2.26. The van der Waals surface area contributed by atoms with Gasteiger partial charge in [-0.15, -0.1) is 0 Å². The van der Waals surface area contributed by atoms with Crippen LogP contribution in [0.15, 0.2) is 224 Å². The molecule has 0 bridgehead atoms. The first-order valence-corrected chi connectivity index (χ1v) is 21.2. The third-order valence-corrected chi connectivity index (χ3v) is 13.4. The molecule has 1 spiro atoms. The molecule has 0 radical (unpaired) electrons. The molecular formula is C59H38N2. The van der Waals surface area contributed by atoms with E-state index in [1.807, 2.05) is 0 Å². The Morgan fingerprint density at radius 2 is 0.787 bits per heavy atom. The van der Waals surface area contributed by atoms with Gasteiger partial charge in [-0.05, 0) is 132 Å². The Kier molecular flexibility index (Phi) is 7.26. The Hall–Kier alpha value is -7.94. The normalized spacial score (nSPS) is 13.0. The van der Waals surface area contributed by atoms with E-state index in [0.717, 1.165) is 28.1 Å². The number of anilines is 3. The maximum absolute atomic E-state index is 3.59. The molecule has 0 amide bonds. The second-order valence-corrected chi connectivity index (χ2v) is 16.5. The van der Waals surface area contributed by atoms with Crippen molar-refractivity contribution in [2.45, 2.75) is 5.41 Å². The van der Waals surface area contributed by atoms with E-state index in [9.17, 15) is 0 Å². The fraction of sp³-hybridized carbons (Fsp3) is 0.0169. The third kappa shape index (κ3) is 4.91. The highest BCUT2D eigenvalue weighted by Crippen LogP contribution is 2.63. The highest BCUT2D eigenvalue weighted by molar-refractivity contribution is 6.08. The number of aromatic nitrogens is 1. The highest BCUT2D eigenvalue weighted by atomic mass is 15.1. The Morgan fingerprint density at radius 3 is 1.48 bits per heavy atom. The molecule has 0 fully saturated rings. The minimum atomic E-state index is -0.427. The molecule has 284 valence electrons. The molecule has 2 nitrogen and oxygen atoms in total. The summed E-state index contributed by atoms with van der Waals surface area (Å²) in [5.41, 5.74) is 20.6. The lowest BCUT2D eigenvalue weighted by Gasteiger charge is -2.32. The van der Waals surface area contributed by atoms with Crippen LogP contribution in [0.2, 0.25) is 0 Å². The zero-order valence-corrected chi connectivity index (χ0v) is 33.3. The topological polar surface area (TPSA) is 19.0 Å². The molecule has 0 atom stereocenters. The molecular weight excluding hydrogens is 737 g/mol. The molecule has 1 N–H and O–H groups in total. The van der Waals surface area contributed by atoms with Crippen LogP contribution in [-0.2, 0) is 5.41 Å². The third-order valence-electron chi connectivity index (χ3n) is 13.4. The average molecular weight is 775 g/mol. The molecule has 1 heterocycles. The number of rotatable bonds is 5. The Morgan fingerprint density at radius 1 is 0.295 bits per heavy atom. The van der Waals surface area contributed by atoms with Gasteiger partial charge in [-0.3, -0.25) is 0 Å². The lowest BCUT2D eigenvalue weighted by molar-refractivity contribution is 0.793. The van der Waals surface area contributed by atoms with Gasteiger partial charge in [0.2, 0.25) is 0 Å². The number of aromatic amines is 1. The molecule has 0 saturated heterocycles. The van der Waals surface area contributed by atoms with Gasteiger partial charge in [0.05, 0.1) is 5.41 Å². The van der Waals surface area contributed by atoms with Crippen LogP contribution in [0.1, 0.15) is 22.3 Å². The van der Waals surface area contributed by atoms with Crippen molar-refractivity contribution < 1.29 is 0 Å². The van der Waals surface area contributed by atoms with E-state index in [2.05, 4.69) is 234 Å². The predicted molar refractivity (Wildman–Crippen MR) is 255 cm³/mol. The van der Waals surface area contributed by atoms with Crippen LogP contribution in [0.3, 0.4) is 0 Å². The number of nitrogens with zero attached hydrogens (tertiary/aromatic N) is 1. The molecule has 2 aliphatic carbocycles. The SMILES string of the molecule is c1ccc2c(c1)-c1ccccc1C21c2ccccc2-c2ccc(N(c3ccc(-c4ccc5[nH]c6ccccc6c5c4)cc3)c3ccc(-c4cccc5ccccc45)cc3)cc21. The number of H-pyrrole nitrogens is 1. The Bertz CT molecular complexity index is 3470. The highest BCUT2D eigenvalue weighted by Gasteiger charge is 2.51. The maximum atomic E-state index is 3.59. The van der Waals surface area contributed by atoms with E-state index in [1.54, 1.807) is 0 Å². The quantitative estimate of drug-likeness (QED) is 0.185. The summed E-state index contributed by atoms with van der Waals surface area (Å²) in [6, 6.07) is 83.1. The minimum Gasteiger partial charge on any atom is -0.355 e. The lowest BCUT2D eigenvalue weighted by atomic mass is 9.70. The van der Waals surface area contributed by atoms with Gasteiger partial charge in [0.15, 0.2) is 0 Å². The van der Waals surface area contributed by atoms with Crippen LogP contribution in [0.25, 0.3) is 77.1 Å². The molecule has 0 saturated carbocycles. The van der Waals surface area contributed by atoms with Gasteiger partial charge in [0.25, 0.3) is 0 Å². The number of hydrogen-bond acceptors (Lipinski definition) is 1. The first-order chi connectivity index (χ1) is 30.2. The molecule has 10 aromatic carbocycles. The van der Waals surface area contributed by atoms with Crippen LogP contribution < -0.4 is 4.90 Å². The van der Waals surface area contributed by atoms with Crippen molar-refractivity contribution >= 4 is 49.6 Å². The monoisotopic (exact) mass is 774 g/mol. The van der Waals surface area contributed by atoms with Crippen molar-refractivity contribution in [3.8, 4) is 44.5 Å². The number of hydrogen-bond donors (Lipinski definition) is 1. The minimum absolute atomic E-state index is 0.427. The van der Waals surface area contributed by atoms with E-state index in [1.165, 1.54) is 88.3 Å². The summed E-state index contributed by atoms with van der Waals surface area (Å²) >= 11 is 0. The van der Waals surface area contributed by atoms with Gasteiger partial charge in [0, 0.05) is 38.9 Å². The molecule has 2 heteroatoms. The molecule has 0 unspecified atom stereocenters. The Balaban J connectivity index is 0.988. The molecule has 61 heavy (non-hydrogen) atoms. The zero-order valence-electron chi connectivity index (χ0n) is 33.3. The second kappa shape index (κ2) is 13.0. The number of para-hydroxylation sites is 1. The first kappa shape index (κ1) is 34.0. The summed E-state index contributed by atoms with van der Waals surface area (Å²) in [4.78, 5) is 6.02. The molecule has 1 aromatic heterocycles. The summed E-state index contributed by atoms with van der Waals surface area (Å²) in [6.45, 7) is 0. The van der Waals surface area contributed by atoms with E-state index < -0.39 is 5.41 Å². The van der Waals surface area contributed by atoms with Gasteiger partial charge in [-0.25, -0.2) is 0 Å². The predicted octanol–water partition coefficient (Wildman–Crippen LogP) is 15.6. The summed E-state index contributed by atoms with van der Waals surface area (Å²) in [6.07, 6.45) is 0. The van der Waals surface area contributed by atoms with Crippen molar-refractivity contribution in [1.82, 2.24) is 4.98 Å². The summed E-state index contributed by atoms with van der Waals surface area (Å²) in [7, 11) is 0. The standard InChI is InChI=1S/C59H38N2/c1-2-14-45-39(12-1)13-11-19-46(45)40-26-31-43(32-27-40)61(42-29-24-38(25-30-42)41-28-35-58-52(36-41)51-18-6-10-23-57(51)60-58)44-33-34-50-49-17-5-9-22-55(49)59(56(50)37-44)53-20-7-3-15-47(53)48-16-4-8-21-54(48)59/h1-37,60H. The van der Waals surface area contributed by atoms with Gasteiger partial charge in [0.1, 0.15) is 0 Å². The van der Waals surface area contributed by atoms with E-state index >= 15 is 0 Å². The van der Waals surface area contributed by atoms with Gasteiger partial charge >= 0.3 is 0 Å². The van der Waals surface area contributed by atoms with Crippen molar-refractivity contribution in [1.29, 1.82) is 0 Å². The summed E-state index contributed by atoms with van der Waals surface area (Å²) < 4.78 is 0. The fourth-order valence-corrected chi connectivity index (χ4v) is 10.8. The van der Waals surface area contributed by atoms with Crippen LogP contribution >= 0.6 is 0 Å². The van der Waals surface area contributed by atoms with Gasteiger partial charge < -0.3 is 9.88 Å². The van der Waals surface area contributed by atoms with Crippen LogP contribution in [0, 0.1) is 0 Å². The number of nitrogens with one attached hydrogen (secondary N) is 1. The molecule has 0 aliphatic heterocycles. The van der Waals surface area contributed by atoms with Crippen molar-refractivity contribution in [3.05, 3.63) is 247 Å². The van der Waals surface area contributed by atoms with E-state index in [4.69, 9.17) is 0 Å². The van der Waals surface area contributed by atoms with Crippen LogP contribution in [0.5, 0.6) is 0 Å².